The van der Waals surface area contributed by atoms with E-state index in [4.69, 9.17) is 15.1 Å². The standard InChI is InChI=1S/C12H15NO4/c1-6(5-13)10(17-7(2)14)8-9(11(15)16)12(8,3)4/h8-10H,1H2,2-4H3,(H,15,16). The van der Waals surface area contributed by atoms with Crippen molar-refractivity contribution in [1.29, 1.82) is 5.26 Å². The molecule has 0 aromatic rings. The van der Waals surface area contributed by atoms with Gasteiger partial charge in [-0.1, -0.05) is 20.4 Å². The van der Waals surface area contributed by atoms with Crippen molar-refractivity contribution in [3.8, 4) is 6.07 Å². The van der Waals surface area contributed by atoms with E-state index in [-0.39, 0.29) is 5.57 Å². The Morgan fingerprint density at radius 3 is 2.35 bits per heavy atom. The van der Waals surface area contributed by atoms with Crippen molar-refractivity contribution in [2.45, 2.75) is 26.9 Å². The lowest BCUT2D eigenvalue weighted by atomic mass is 10.0. The Morgan fingerprint density at radius 1 is 1.53 bits per heavy atom. The summed E-state index contributed by atoms with van der Waals surface area (Å²) in [6.45, 7) is 8.29. The minimum Gasteiger partial charge on any atom is -0.481 e. The Hall–Kier alpha value is -1.83. The van der Waals surface area contributed by atoms with Gasteiger partial charge in [0.15, 0.2) is 0 Å². The topological polar surface area (TPSA) is 87.4 Å². The van der Waals surface area contributed by atoms with Crippen LogP contribution in [0.5, 0.6) is 0 Å². The van der Waals surface area contributed by atoms with Crippen LogP contribution in [-0.4, -0.2) is 23.1 Å². The molecule has 1 saturated carbocycles. The quantitative estimate of drug-likeness (QED) is 0.589. The smallest absolute Gasteiger partial charge is 0.307 e. The van der Waals surface area contributed by atoms with Crippen molar-refractivity contribution in [3.63, 3.8) is 0 Å². The Kier molecular flexibility index (Phi) is 3.28. The van der Waals surface area contributed by atoms with Gasteiger partial charge in [-0.05, 0) is 5.41 Å². The molecule has 0 aliphatic heterocycles. The molecule has 5 heteroatoms. The van der Waals surface area contributed by atoms with Crippen LogP contribution in [0.1, 0.15) is 20.8 Å². The maximum atomic E-state index is 11.0. The Morgan fingerprint density at radius 2 is 2.06 bits per heavy atom. The summed E-state index contributed by atoms with van der Waals surface area (Å²) in [7, 11) is 0. The van der Waals surface area contributed by atoms with Crippen LogP contribution in [0.15, 0.2) is 12.2 Å². The number of rotatable bonds is 4. The molecular formula is C12H15NO4. The van der Waals surface area contributed by atoms with E-state index in [1.54, 1.807) is 13.8 Å². The predicted octanol–water partition coefficient (Wildman–Crippen LogP) is 1.35. The fraction of sp³-hybridized carbons (Fsp3) is 0.583. The van der Waals surface area contributed by atoms with Crippen molar-refractivity contribution < 1.29 is 19.4 Å². The van der Waals surface area contributed by atoms with E-state index in [1.165, 1.54) is 6.92 Å². The highest BCUT2D eigenvalue weighted by Crippen LogP contribution is 2.61. The van der Waals surface area contributed by atoms with E-state index < -0.39 is 35.3 Å². The normalized spacial score (nSPS) is 26.5. The predicted molar refractivity (Wildman–Crippen MR) is 58.7 cm³/mol. The van der Waals surface area contributed by atoms with E-state index in [1.807, 2.05) is 6.07 Å². The second-order valence-electron chi connectivity index (χ2n) is 4.83. The maximum absolute atomic E-state index is 11.0. The highest BCUT2D eigenvalue weighted by Gasteiger charge is 2.66. The summed E-state index contributed by atoms with van der Waals surface area (Å²) in [6.07, 6.45) is -0.839. The first-order valence-electron chi connectivity index (χ1n) is 5.22. The molecule has 1 fully saturated rings. The molecule has 0 aromatic heterocycles. The zero-order valence-corrected chi connectivity index (χ0v) is 10.1. The fourth-order valence-corrected chi connectivity index (χ4v) is 2.32. The summed E-state index contributed by atoms with van der Waals surface area (Å²) in [4.78, 5) is 22.0. The van der Waals surface area contributed by atoms with Gasteiger partial charge in [-0.2, -0.15) is 5.26 Å². The number of carbonyl (C=O) groups is 2. The lowest BCUT2D eigenvalue weighted by Crippen LogP contribution is -2.23. The van der Waals surface area contributed by atoms with E-state index in [0.29, 0.717) is 0 Å². The number of esters is 1. The maximum Gasteiger partial charge on any atom is 0.307 e. The van der Waals surface area contributed by atoms with Crippen LogP contribution < -0.4 is 0 Å². The number of nitriles is 1. The van der Waals surface area contributed by atoms with Crippen molar-refractivity contribution in [3.05, 3.63) is 12.2 Å². The van der Waals surface area contributed by atoms with E-state index in [9.17, 15) is 9.59 Å². The zero-order valence-electron chi connectivity index (χ0n) is 10.1. The third kappa shape index (κ3) is 2.31. The highest BCUT2D eigenvalue weighted by molar-refractivity contribution is 5.76. The molecule has 1 aliphatic rings. The number of carbonyl (C=O) groups excluding carboxylic acids is 1. The second kappa shape index (κ2) is 4.21. The summed E-state index contributed by atoms with van der Waals surface area (Å²) in [5, 5.41) is 17.8. The van der Waals surface area contributed by atoms with Crippen LogP contribution in [0.4, 0.5) is 0 Å². The molecule has 1 N–H and O–H groups in total. The molecule has 3 unspecified atom stereocenters. The molecule has 1 aliphatic carbocycles. The third-order valence-corrected chi connectivity index (χ3v) is 3.28. The molecule has 5 nitrogen and oxygen atoms in total. The van der Waals surface area contributed by atoms with Gasteiger partial charge in [-0.3, -0.25) is 9.59 Å². The number of hydrogen-bond acceptors (Lipinski definition) is 4. The summed E-state index contributed by atoms with van der Waals surface area (Å²) in [5.41, 5.74) is -0.409. The molecule has 3 atom stereocenters. The van der Waals surface area contributed by atoms with E-state index in [0.717, 1.165) is 0 Å². The van der Waals surface area contributed by atoms with Gasteiger partial charge in [0.05, 0.1) is 17.6 Å². The number of hydrogen-bond donors (Lipinski definition) is 1. The molecule has 0 saturated heterocycles. The number of carboxylic acid groups (broad SMARTS) is 1. The molecule has 0 aromatic carbocycles. The first-order valence-corrected chi connectivity index (χ1v) is 5.22. The minimum atomic E-state index is -0.942. The van der Waals surface area contributed by atoms with Gasteiger partial charge < -0.3 is 9.84 Å². The molecule has 92 valence electrons. The number of carboxylic acids is 1. The SMILES string of the molecule is C=C(C#N)C(OC(C)=O)C1C(C(=O)O)C1(C)C. The lowest BCUT2D eigenvalue weighted by Gasteiger charge is -2.16. The lowest BCUT2D eigenvalue weighted by molar-refractivity contribution is -0.147. The second-order valence-corrected chi connectivity index (χ2v) is 4.83. The average Bonchev–Trinajstić information content (AvgIpc) is 2.76. The van der Waals surface area contributed by atoms with Gasteiger partial charge in [-0.15, -0.1) is 0 Å². The summed E-state index contributed by atoms with van der Waals surface area (Å²) < 4.78 is 5.02. The molecule has 0 heterocycles. The van der Waals surface area contributed by atoms with Crippen molar-refractivity contribution >= 4 is 11.9 Å². The third-order valence-electron chi connectivity index (χ3n) is 3.28. The highest BCUT2D eigenvalue weighted by atomic mass is 16.5. The summed E-state index contributed by atoms with van der Waals surface area (Å²) in [5.74, 6) is -2.49. The fourth-order valence-electron chi connectivity index (χ4n) is 2.32. The average molecular weight is 237 g/mol. The monoisotopic (exact) mass is 237 g/mol. The van der Waals surface area contributed by atoms with Crippen LogP contribution in [-0.2, 0) is 14.3 Å². The summed E-state index contributed by atoms with van der Waals surface area (Å²) >= 11 is 0. The van der Waals surface area contributed by atoms with Gasteiger partial charge in [-0.25, -0.2) is 0 Å². The summed E-state index contributed by atoms with van der Waals surface area (Å²) in [6, 6.07) is 1.82. The largest absolute Gasteiger partial charge is 0.481 e. The van der Waals surface area contributed by atoms with Crippen molar-refractivity contribution in [1.82, 2.24) is 0 Å². The Balaban J connectivity index is 2.95. The molecule has 0 spiro atoms. The van der Waals surface area contributed by atoms with Crippen LogP contribution >= 0.6 is 0 Å². The van der Waals surface area contributed by atoms with Gasteiger partial charge in [0, 0.05) is 12.8 Å². The van der Waals surface area contributed by atoms with Gasteiger partial charge in [0.1, 0.15) is 6.10 Å². The zero-order chi connectivity index (χ0) is 13.4. The van der Waals surface area contributed by atoms with Crippen LogP contribution in [0.3, 0.4) is 0 Å². The van der Waals surface area contributed by atoms with Gasteiger partial charge >= 0.3 is 11.9 Å². The first-order chi connectivity index (χ1) is 7.73. The van der Waals surface area contributed by atoms with Gasteiger partial charge in [0.25, 0.3) is 0 Å². The molecule has 17 heavy (non-hydrogen) atoms. The van der Waals surface area contributed by atoms with Gasteiger partial charge in [0.2, 0.25) is 0 Å². The first kappa shape index (κ1) is 13.2. The Bertz CT molecular complexity index is 419. The van der Waals surface area contributed by atoms with Crippen LogP contribution in [0, 0.1) is 28.6 Å². The van der Waals surface area contributed by atoms with Crippen molar-refractivity contribution in [2.75, 3.05) is 0 Å². The minimum absolute atomic E-state index is 0.0852. The number of aliphatic carboxylic acids is 1. The molecular weight excluding hydrogens is 222 g/mol. The van der Waals surface area contributed by atoms with Crippen LogP contribution in [0.25, 0.3) is 0 Å². The molecule has 1 rings (SSSR count). The van der Waals surface area contributed by atoms with E-state index in [2.05, 4.69) is 6.58 Å². The molecule has 0 bridgehead atoms. The Labute approximate surface area is 99.7 Å². The number of ether oxygens (including phenoxy) is 1. The van der Waals surface area contributed by atoms with Crippen LogP contribution in [0.2, 0.25) is 0 Å². The van der Waals surface area contributed by atoms with Crippen molar-refractivity contribution in [2.24, 2.45) is 17.3 Å². The molecule has 0 amide bonds. The number of nitrogens with zero attached hydrogens (tertiary/aromatic N) is 1. The molecule has 0 radical (unpaired) electrons. The van der Waals surface area contributed by atoms with E-state index >= 15 is 0 Å².